The van der Waals surface area contributed by atoms with Crippen LogP contribution in [0.3, 0.4) is 0 Å². The van der Waals surface area contributed by atoms with Gasteiger partial charge >= 0.3 is 0 Å². The highest BCUT2D eigenvalue weighted by molar-refractivity contribution is 4.90. The highest BCUT2D eigenvalue weighted by Crippen LogP contribution is 1.71. The van der Waals surface area contributed by atoms with E-state index in [1.54, 1.807) is 24.5 Å². The van der Waals surface area contributed by atoms with Gasteiger partial charge in [0, 0.05) is 12.4 Å². The van der Waals surface area contributed by atoms with Gasteiger partial charge in [0.25, 0.3) is 0 Å². The molecule has 0 radical (unpaired) electrons. The van der Waals surface area contributed by atoms with E-state index in [4.69, 9.17) is 0 Å². The number of hydrogen-bond acceptors (Lipinski definition) is 3. The zero-order valence-electron chi connectivity index (χ0n) is 5.69. The fourth-order valence-electron chi connectivity index (χ4n) is 0.582. The molecule has 0 N–H and O–H groups in total. The van der Waals surface area contributed by atoms with Gasteiger partial charge in [-0.25, -0.2) is 0 Å². The van der Waals surface area contributed by atoms with Crippen molar-refractivity contribution in [3.05, 3.63) is 36.0 Å². The lowest BCUT2D eigenvalue weighted by molar-refractivity contribution is 0.200. The van der Waals surface area contributed by atoms with Gasteiger partial charge in [0.1, 0.15) is 12.5 Å². The molecular formula is C7H8N2O. The SMILES string of the molecule is CON=c1cccncc1. The van der Waals surface area contributed by atoms with Gasteiger partial charge in [0.05, 0.1) is 0 Å². The summed E-state index contributed by atoms with van der Waals surface area (Å²) < 4.78 is 0. The summed E-state index contributed by atoms with van der Waals surface area (Å²) in [5.41, 5.74) is 0. The van der Waals surface area contributed by atoms with Crippen LogP contribution in [0, 0.1) is 0 Å². The Morgan fingerprint density at radius 1 is 1.40 bits per heavy atom. The molecule has 10 heavy (non-hydrogen) atoms. The van der Waals surface area contributed by atoms with E-state index >= 15 is 0 Å². The first-order valence-corrected chi connectivity index (χ1v) is 2.91. The van der Waals surface area contributed by atoms with Crippen LogP contribution in [0.25, 0.3) is 0 Å². The average molecular weight is 136 g/mol. The van der Waals surface area contributed by atoms with E-state index in [0.29, 0.717) is 0 Å². The maximum atomic E-state index is 4.57. The lowest BCUT2D eigenvalue weighted by Crippen LogP contribution is -1.95. The van der Waals surface area contributed by atoms with E-state index < -0.39 is 0 Å². The molecule has 0 spiro atoms. The number of hydrogen-bond donors (Lipinski definition) is 0. The van der Waals surface area contributed by atoms with E-state index in [9.17, 15) is 0 Å². The minimum absolute atomic E-state index is 0.764. The molecule has 0 saturated heterocycles. The quantitative estimate of drug-likeness (QED) is 0.528. The molecule has 0 fully saturated rings. The monoisotopic (exact) mass is 136 g/mol. The van der Waals surface area contributed by atoms with Crippen molar-refractivity contribution in [2.75, 3.05) is 7.11 Å². The molecule has 1 heterocycles. The first-order chi connectivity index (χ1) is 4.93. The minimum Gasteiger partial charge on any atom is -0.399 e. The molecule has 0 aromatic carbocycles. The summed E-state index contributed by atoms with van der Waals surface area (Å²) in [4.78, 5) is 8.44. The predicted molar refractivity (Wildman–Crippen MR) is 36.8 cm³/mol. The summed E-state index contributed by atoms with van der Waals surface area (Å²) >= 11 is 0. The second-order valence-corrected chi connectivity index (χ2v) is 1.67. The Morgan fingerprint density at radius 3 is 3.10 bits per heavy atom. The third-order valence-electron chi connectivity index (χ3n) is 0.967. The number of nitrogens with zero attached hydrogens (tertiary/aromatic N) is 2. The van der Waals surface area contributed by atoms with Crippen LogP contribution in [0.4, 0.5) is 0 Å². The first kappa shape index (κ1) is 6.74. The van der Waals surface area contributed by atoms with E-state index in [0.717, 1.165) is 5.36 Å². The van der Waals surface area contributed by atoms with Crippen LogP contribution in [-0.2, 0) is 4.84 Å². The maximum absolute atomic E-state index is 4.57. The fourth-order valence-corrected chi connectivity index (χ4v) is 0.582. The molecule has 0 aliphatic rings. The van der Waals surface area contributed by atoms with Crippen molar-refractivity contribution in [1.29, 1.82) is 0 Å². The molecule has 0 bridgehead atoms. The van der Waals surface area contributed by atoms with Crippen molar-refractivity contribution >= 4 is 0 Å². The van der Waals surface area contributed by atoms with Gasteiger partial charge in [-0.15, -0.1) is 0 Å². The van der Waals surface area contributed by atoms with Crippen molar-refractivity contribution < 1.29 is 4.84 Å². The van der Waals surface area contributed by atoms with Crippen molar-refractivity contribution in [1.82, 2.24) is 4.98 Å². The molecule has 52 valence electrons. The van der Waals surface area contributed by atoms with Crippen molar-refractivity contribution in [3.8, 4) is 0 Å². The average Bonchev–Trinajstić information content (AvgIpc) is 2.17. The van der Waals surface area contributed by atoms with E-state index in [2.05, 4.69) is 15.0 Å². The van der Waals surface area contributed by atoms with Gasteiger partial charge in [-0.1, -0.05) is 5.16 Å². The molecule has 0 saturated carbocycles. The summed E-state index contributed by atoms with van der Waals surface area (Å²) in [6.07, 6.45) is 3.35. The summed E-state index contributed by atoms with van der Waals surface area (Å²) in [7, 11) is 1.51. The topological polar surface area (TPSA) is 34.5 Å². The van der Waals surface area contributed by atoms with Crippen LogP contribution in [0.15, 0.2) is 35.7 Å². The Morgan fingerprint density at radius 2 is 2.30 bits per heavy atom. The first-order valence-electron chi connectivity index (χ1n) is 2.91. The van der Waals surface area contributed by atoms with Gasteiger partial charge < -0.3 is 4.84 Å². The van der Waals surface area contributed by atoms with Gasteiger partial charge in [-0.05, 0) is 18.2 Å². The van der Waals surface area contributed by atoms with E-state index in [1.165, 1.54) is 7.11 Å². The molecule has 0 atom stereocenters. The number of rotatable bonds is 1. The molecule has 0 aliphatic carbocycles. The van der Waals surface area contributed by atoms with Crippen molar-refractivity contribution in [3.63, 3.8) is 0 Å². The largest absolute Gasteiger partial charge is 0.399 e. The van der Waals surface area contributed by atoms with Gasteiger partial charge in [-0.2, -0.15) is 0 Å². The molecular weight excluding hydrogens is 128 g/mol. The van der Waals surface area contributed by atoms with Crippen LogP contribution in [0.1, 0.15) is 0 Å². The zero-order chi connectivity index (χ0) is 7.23. The highest BCUT2D eigenvalue weighted by atomic mass is 16.6. The summed E-state index contributed by atoms with van der Waals surface area (Å²) in [6, 6.07) is 5.39. The molecule has 1 rings (SSSR count). The third-order valence-corrected chi connectivity index (χ3v) is 0.967. The molecule has 1 aromatic rings. The predicted octanol–water partition coefficient (Wildman–Crippen LogP) is 0.544. The molecule has 0 amide bonds. The molecule has 3 nitrogen and oxygen atoms in total. The van der Waals surface area contributed by atoms with Crippen LogP contribution in [0.2, 0.25) is 0 Å². The standard InChI is InChI=1S/C7H8N2O/c1-10-9-7-3-2-5-8-6-4-7/h2-6H,1H3. The van der Waals surface area contributed by atoms with Crippen molar-refractivity contribution in [2.24, 2.45) is 5.16 Å². The molecule has 0 unspecified atom stereocenters. The lowest BCUT2D eigenvalue weighted by Gasteiger charge is -1.79. The Hall–Kier alpha value is -1.38. The van der Waals surface area contributed by atoms with E-state index in [1.807, 2.05) is 6.07 Å². The fraction of sp³-hybridized carbons (Fsp3) is 0.143. The highest BCUT2D eigenvalue weighted by Gasteiger charge is 1.73. The Bertz CT molecular complexity index is 238. The Kier molecular flexibility index (Phi) is 2.43. The lowest BCUT2D eigenvalue weighted by atomic mass is 10.5. The van der Waals surface area contributed by atoms with Crippen LogP contribution >= 0.6 is 0 Å². The van der Waals surface area contributed by atoms with Crippen molar-refractivity contribution in [2.45, 2.75) is 0 Å². The summed E-state index contributed by atoms with van der Waals surface area (Å²) in [6.45, 7) is 0. The zero-order valence-corrected chi connectivity index (χ0v) is 5.69. The summed E-state index contributed by atoms with van der Waals surface area (Å²) in [5.74, 6) is 0. The molecule has 3 heteroatoms. The summed E-state index contributed by atoms with van der Waals surface area (Å²) in [5, 5.41) is 4.47. The molecule has 1 aromatic heterocycles. The van der Waals surface area contributed by atoms with Crippen LogP contribution in [0.5, 0.6) is 0 Å². The van der Waals surface area contributed by atoms with Gasteiger partial charge in [0.15, 0.2) is 0 Å². The second-order valence-electron chi connectivity index (χ2n) is 1.67. The minimum atomic E-state index is 0.764. The van der Waals surface area contributed by atoms with Crippen LogP contribution in [-0.4, -0.2) is 12.1 Å². The Labute approximate surface area is 59.0 Å². The Balaban J connectivity index is 3.10. The number of aromatic nitrogens is 1. The third kappa shape index (κ3) is 1.85. The van der Waals surface area contributed by atoms with E-state index in [-0.39, 0.29) is 0 Å². The second kappa shape index (κ2) is 3.61. The smallest absolute Gasteiger partial charge is 0.106 e. The van der Waals surface area contributed by atoms with Gasteiger partial charge in [-0.3, -0.25) is 4.98 Å². The normalized spacial score (nSPS) is 11.1. The van der Waals surface area contributed by atoms with Gasteiger partial charge in [0.2, 0.25) is 0 Å². The van der Waals surface area contributed by atoms with Crippen LogP contribution < -0.4 is 5.36 Å². The molecule has 0 aliphatic heterocycles. The maximum Gasteiger partial charge on any atom is 0.106 e.